The normalized spacial score (nSPS) is 13.9. The van der Waals surface area contributed by atoms with E-state index in [4.69, 9.17) is 4.74 Å². The third kappa shape index (κ3) is 4.00. The number of sulfone groups is 1. The van der Waals surface area contributed by atoms with Crippen LogP contribution in [0.15, 0.2) is 47.5 Å². The van der Waals surface area contributed by atoms with Crippen LogP contribution in [0.2, 0.25) is 0 Å². The van der Waals surface area contributed by atoms with Crippen molar-refractivity contribution in [2.75, 3.05) is 18.9 Å². The van der Waals surface area contributed by atoms with Gasteiger partial charge < -0.3 is 9.64 Å². The van der Waals surface area contributed by atoms with Crippen LogP contribution in [0, 0.1) is 5.82 Å². The molecule has 0 unspecified atom stereocenters. The number of carbonyl (C=O) groups is 1. The lowest BCUT2D eigenvalue weighted by molar-refractivity contribution is 0.0731. The Kier molecular flexibility index (Phi) is 6.01. The first-order valence-corrected chi connectivity index (χ1v) is 12.1. The van der Waals surface area contributed by atoms with Gasteiger partial charge in [-0.3, -0.25) is 9.89 Å². The van der Waals surface area contributed by atoms with Crippen LogP contribution in [-0.4, -0.2) is 48.3 Å². The highest BCUT2D eigenvalue weighted by molar-refractivity contribution is 7.91. The summed E-state index contributed by atoms with van der Waals surface area (Å²) in [6, 6.07) is 10.2. The molecule has 4 rings (SSSR count). The summed E-state index contributed by atoms with van der Waals surface area (Å²) in [6.45, 7) is 4.08. The molecule has 1 N–H and O–H groups in total. The zero-order chi connectivity index (χ0) is 22.9. The van der Waals surface area contributed by atoms with Crippen LogP contribution in [0.1, 0.15) is 35.3 Å². The molecule has 0 atom stereocenters. The summed E-state index contributed by atoms with van der Waals surface area (Å²) >= 11 is 0. The number of rotatable bonds is 5. The Labute approximate surface area is 186 Å². The minimum Gasteiger partial charge on any atom is -0.491 e. The van der Waals surface area contributed by atoms with Gasteiger partial charge in [-0.15, -0.1) is 0 Å². The third-order valence-corrected chi connectivity index (χ3v) is 7.39. The summed E-state index contributed by atoms with van der Waals surface area (Å²) in [6.07, 6.45) is 1.86. The zero-order valence-electron chi connectivity index (χ0n) is 17.9. The number of H-pyrrole nitrogens is 1. The molecule has 0 bridgehead atoms. The first-order chi connectivity index (χ1) is 15.4. The number of aromatic nitrogens is 2. The third-order valence-electron chi connectivity index (χ3n) is 5.65. The highest BCUT2D eigenvalue weighted by atomic mass is 32.2. The largest absolute Gasteiger partial charge is 0.491 e. The summed E-state index contributed by atoms with van der Waals surface area (Å²) in [7, 11) is -3.73. The topological polar surface area (TPSA) is 92.4 Å². The highest BCUT2D eigenvalue weighted by Crippen LogP contribution is 2.30. The monoisotopic (exact) mass is 457 g/mol. The fraction of sp³-hybridized carbons (Fsp3) is 0.304. The van der Waals surface area contributed by atoms with E-state index in [9.17, 15) is 13.2 Å². The first-order valence-electron chi connectivity index (χ1n) is 10.4. The number of nitrogens with zero attached hydrogens (tertiary/aromatic N) is 2. The molecule has 32 heavy (non-hydrogen) atoms. The molecule has 0 fully saturated rings. The van der Waals surface area contributed by atoms with E-state index in [1.54, 1.807) is 18.0 Å². The van der Waals surface area contributed by atoms with Gasteiger partial charge in [0.25, 0.3) is 5.91 Å². The fourth-order valence-corrected chi connectivity index (χ4v) is 4.85. The molecular formula is C23H24FN3O4S. The Morgan fingerprint density at radius 2 is 2.03 bits per heavy atom. The molecule has 2 heterocycles. The van der Waals surface area contributed by atoms with Gasteiger partial charge in [-0.2, -0.15) is 5.10 Å². The lowest BCUT2D eigenvalue weighted by Crippen LogP contribution is -2.33. The van der Waals surface area contributed by atoms with Gasteiger partial charge in [0.2, 0.25) is 0 Å². The maximum Gasteiger partial charge on any atom is 0.254 e. The molecule has 3 aromatic rings. The lowest BCUT2D eigenvalue weighted by atomic mass is 10.0. The van der Waals surface area contributed by atoms with E-state index >= 15 is 4.39 Å². The van der Waals surface area contributed by atoms with Gasteiger partial charge in [0.05, 0.1) is 18.0 Å². The van der Waals surface area contributed by atoms with Gasteiger partial charge in [0, 0.05) is 35.0 Å². The minimum absolute atomic E-state index is 0.112. The van der Waals surface area contributed by atoms with Gasteiger partial charge in [-0.1, -0.05) is 13.8 Å². The van der Waals surface area contributed by atoms with Crippen LogP contribution < -0.4 is 4.74 Å². The van der Waals surface area contributed by atoms with Crippen molar-refractivity contribution in [2.24, 2.45) is 0 Å². The Hall–Kier alpha value is -3.20. The Bertz CT molecular complexity index is 1260. The molecule has 9 heteroatoms. The molecule has 1 aliphatic heterocycles. The van der Waals surface area contributed by atoms with Crippen LogP contribution in [0.25, 0.3) is 11.3 Å². The molecule has 1 aliphatic rings. The van der Waals surface area contributed by atoms with Crippen molar-refractivity contribution in [1.29, 1.82) is 0 Å². The van der Waals surface area contributed by atoms with Crippen LogP contribution in [0.4, 0.5) is 4.39 Å². The van der Waals surface area contributed by atoms with Crippen molar-refractivity contribution in [3.8, 4) is 17.0 Å². The van der Waals surface area contributed by atoms with E-state index in [0.717, 1.165) is 16.8 Å². The number of fused-ring (bicyclic) bond motifs is 1. The Morgan fingerprint density at radius 3 is 2.72 bits per heavy atom. The average molecular weight is 458 g/mol. The van der Waals surface area contributed by atoms with Crippen LogP contribution in [-0.2, 0) is 22.8 Å². The maximum absolute atomic E-state index is 15.1. The summed E-state index contributed by atoms with van der Waals surface area (Å²) in [4.78, 5) is 14.6. The van der Waals surface area contributed by atoms with Gasteiger partial charge >= 0.3 is 0 Å². The average Bonchev–Trinajstić information content (AvgIpc) is 3.24. The minimum atomic E-state index is -3.73. The van der Waals surface area contributed by atoms with E-state index in [0.29, 0.717) is 18.9 Å². The molecule has 1 aromatic heterocycles. The van der Waals surface area contributed by atoms with Crippen molar-refractivity contribution >= 4 is 15.7 Å². The van der Waals surface area contributed by atoms with Crippen LogP contribution >= 0.6 is 0 Å². The van der Waals surface area contributed by atoms with Crippen molar-refractivity contribution in [3.63, 3.8) is 0 Å². The highest BCUT2D eigenvalue weighted by Gasteiger charge is 2.27. The molecule has 168 valence electrons. The van der Waals surface area contributed by atoms with E-state index in [1.807, 2.05) is 24.3 Å². The van der Waals surface area contributed by atoms with Gasteiger partial charge in [-0.05, 0) is 42.8 Å². The summed E-state index contributed by atoms with van der Waals surface area (Å²) in [5.41, 5.74) is 2.87. The lowest BCUT2D eigenvalue weighted by Gasteiger charge is -2.22. The molecule has 7 nitrogen and oxygen atoms in total. The van der Waals surface area contributed by atoms with Gasteiger partial charge in [-0.25, -0.2) is 12.8 Å². The molecule has 0 radical (unpaired) electrons. The second-order valence-corrected chi connectivity index (χ2v) is 9.78. The number of carbonyl (C=O) groups excluding carboxylic acids is 1. The number of benzene rings is 2. The van der Waals surface area contributed by atoms with Crippen molar-refractivity contribution in [2.45, 2.75) is 31.7 Å². The fourth-order valence-electron chi connectivity index (χ4n) is 3.86. The number of nitrogens with one attached hydrogen (secondary N) is 1. The Morgan fingerprint density at radius 1 is 1.22 bits per heavy atom. The summed E-state index contributed by atoms with van der Waals surface area (Å²) < 4.78 is 45.4. The number of aromatic amines is 1. The van der Waals surface area contributed by atoms with E-state index in [1.165, 1.54) is 19.1 Å². The molecule has 0 spiro atoms. The maximum atomic E-state index is 15.1. The van der Waals surface area contributed by atoms with E-state index < -0.39 is 15.7 Å². The standard InChI is InChI=1S/C23H24FN3O4S/c1-3-17-18(6-8-21(22(17)24)32(29,30)4-2)23(28)27-11-12-31-20-7-5-15(13-16(20)14-27)19-9-10-25-26-19/h5-10,13H,3-4,11-12,14H2,1-2H3,(H,25,26). The van der Waals surface area contributed by atoms with Crippen LogP contribution in [0.5, 0.6) is 5.75 Å². The second kappa shape index (κ2) is 8.74. The number of hydrogen-bond donors (Lipinski definition) is 1. The van der Waals surface area contributed by atoms with Gasteiger partial charge in [0.15, 0.2) is 9.84 Å². The SMILES string of the molecule is CCc1c(C(=O)N2CCOc3ccc(-c4ccn[nH]4)cc3C2)ccc(S(=O)(=O)CC)c1F. The summed E-state index contributed by atoms with van der Waals surface area (Å²) in [5.74, 6) is -0.716. The zero-order valence-corrected chi connectivity index (χ0v) is 18.7. The number of hydrogen-bond acceptors (Lipinski definition) is 5. The van der Waals surface area contributed by atoms with Crippen molar-refractivity contribution in [3.05, 3.63) is 65.1 Å². The second-order valence-electron chi connectivity index (χ2n) is 7.53. The number of ether oxygens (including phenoxy) is 1. The molecular weight excluding hydrogens is 433 g/mol. The van der Waals surface area contributed by atoms with Crippen molar-refractivity contribution in [1.82, 2.24) is 15.1 Å². The van der Waals surface area contributed by atoms with E-state index in [2.05, 4.69) is 10.2 Å². The molecule has 0 saturated carbocycles. The quantitative estimate of drug-likeness (QED) is 0.632. The molecule has 0 aliphatic carbocycles. The number of halogens is 1. The summed E-state index contributed by atoms with van der Waals surface area (Å²) in [5, 5.41) is 6.89. The predicted octanol–water partition coefficient (Wildman–Crippen LogP) is 3.61. The number of amides is 1. The molecule has 0 saturated heterocycles. The van der Waals surface area contributed by atoms with Crippen LogP contribution in [0.3, 0.4) is 0 Å². The predicted molar refractivity (Wildman–Crippen MR) is 118 cm³/mol. The smallest absolute Gasteiger partial charge is 0.254 e. The molecule has 2 aromatic carbocycles. The Balaban J connectivity index is 1.68. The van der Waals surface area contributed by atoms with E-state index in [-0.39, 0.29) is 40.6 Å². The first kappa shape index (κ1) is 22.0. The molecule has 1 amide bonds. The van der Waals surface area contributed by atoms with Crippen molar-refractivity contribution < 1.29 is 22.3 Å². The van der Waals surface area contributed by atoms with Gasteiger partial charge in [0.1, 0.15) is 23.1 Å².